The Labute approximate surface area is 124 Å². The molecule has 0 spiro atoms. The summed E-state index contributed by atoms with van der Waals surface area (Å²) in [6.07, 6.45) is 1.56. The number of halogens is 1. The normalized spacial score (nSPS) is 9.95. The maximum Gasteiger partial charge on any atom is 0.275 e. The average Bonchev–Trinajstić information content (AvgIpc) is 2.39. The maximum absolute atomic E-state index is 12.0. The first-order chi connectivity index (χ1) is 9.08. The number of carbonyl (C=O) groups is 1. The van der Waals surface area contributed by atoms with Crippen molar-refractivity contribution in [1.82, 2.24) is 4.98 Å². The van der Waals surface area contributed by atoms with E-state index in [1.807, 2.05) is 0 Å². The second-order valence-corrected chi connectivity index (χ2v) is 5.03. The Balaban J connectivity index is 2.22. The lowest BCUT2D eigenvalue weighted by Crippen LogP contribution is -2.15. The molecule has 6 heteroatoms. The van der Waals surface area contributed by atoms with Crippen molar-refractivity contribution in [2.45, 2.75) is 0 Å². The number of benzene rings is 1. The van der Waals surface area contributed by atoms with Crippen LogP contribution >= 0.6 is 28.1 Å². The summed E-state index contributed by atoms with van der Waals surface area (Å²) in [7, 11) is 0. The second kappa shape index (κ2) is 5.90. The largest absolute Gasteiger partial charge is 0.389 e. The number of rotatable bonds is 3. The van der Waals surface area contributed by atoms with E-state index in [1.54, 1.807) is 42.6 Å². The van der Waals surface area contributed by atoms with E-state index in [4.69, 9.17) is 18.0 Å². The fraction of sp³-hybridized carbons (Fsp3) is 0. The van der Waals surface area contributed by atoms with Crippen LogP contribution in [0.2, 0.25) is 0 Å². The van der Waals surface area contributed by atoms with Crippen molar-refractivity contribution in [3.8, 4) is 0 Å². The molecule has 0 saturated heterocycles. The zero-order valence-electron chi connectivity index (χ0n) is 9.76. The minimum Gasteiger partial charge on any atom is -0.389 e. The van der Waals surface area contributed by atoms with Gasteiger partial charge in [0.15, 0.2) is 0 Å². The SMILES string of the molecule is NC(=S)c1cccc(NC(=O)c2ncccc2Br)c1. The van der Waals surface area contributed by atoms with Crippen LogP contribution in [0.15, 0.2) is 47.1 Å². The van der Waals surface area contributed by atoms with Gasteiger partial charge in [-0.25, -0.2) is 4.98 Å². The molecule has 0 aliphatic carbocycles. The Morgan fingerprint density at radius 2 is 2.11 bits per heavy atom. The molecule has 0 unspecified atom stereocenters. The summed E-state index contributed by atoms with van der Waals surface area (Å²) in [6, 6.07) is 10.5. The number of thiocarbonyl (C=S) groups is 1. The van der Waals surface area contributed by atoms with Crippen LogP contribution in [0.25, 0.3) is 0 Å². The Hall–Kier alpha value is -1.79. The van der Waals surface area contributed by atoms with Crippen molar-refractivity contribution in [2.75, 3.05) is 5.32 Å². The summed E-state index contributed by atoms with van der Waals surface area (Å²) in [6.45, 7) is 0. The molecule has 4 nitrogen and oxygen atoms in total. The second-order valence-electron chi connectivity index (χ2n) is 3.73. The molecule has 0 fully saturated rings. The van der Waals surface area contributed by atoms with Gasteiger partial charge in [0.05, 0.1) is 0 Å². The van der Waals surface area contributed by atoms with E-state index in [2.05, 4.69) is 26.2 Å². The molecule has 19 heavy (non-hydrogen) atoms. The molecule has 0 aliphatic heterocycles. The number of aromatic nitrogens is 1. The van der Waals surface area contributed by atoms with Crippen LogP contribution in [0, 0.1) is 0 Å². The third kappa shape index (κ3) is 3.36. The van der Waals surface area contributed by atoms with E-state index in [0.29, 0.717) is 21.4 Å². The van der Waals surface area contributed by atoms with E-state index in [1.165, 1.54) is 0 Å². The standard InChI is InChI=1S/C13H10BrN3OS/c14-10-5-2-6-16-11(10)13(18)17-9-4-1-3-8(7-9)12(15)19/h1-7H,(H2,15,19)(H,17,18). The fourth-order valence-corrected chi connectivity index (χ4v) is 2.06. The van der Waals surface area contributed by atoms with Crippen molar-refractivity contribution >= 4 is 44.7 Å². The van der Waals surface area contributed by atoms with Gasteiger partial charge in [0.25, 0.3) is 5.91 Å². The van der Waals surface area contributed by atoms with Crippen LogP contribution in [0.4, 0.5) is 5.69 Å². The van der Waals surface area contributed by atoms with Gasteiger partial charge in [-0.05, 0) is 40.2 Å². The monoisotopic (exact) mass is 335 g/mol. The zero-order chi connectivity index (χ0) is 13.8. The zero-order valence-corrected chi connectivity index (χ0v) is 12.2. The number of hydrogen-bond donors (Lipinski definition) is 2. The van der Waals surface area contributed by atoms with Gasteiger partial charge in [-0.1, -0.05) is 24.4 Å². The number of pyridine rings is 1. The topological polar surface area (TPSA) is 68.0 Å². The number of carbonyl (C=O) groups excluding carboxylic acids is 1. The van der Waals surface area contributed by atoms with Crippen LogP contribution in [-0.2, 0) is 0 Å². The summed E-state index contributed by atoms with van der Waals surface area (Å²) in [5.41, 5.74) is 7.19. The Morgan fingerprint density at radius 1 is 1.32 bits per heavy atom. The molecular weight excluding hydrogens is 326 g/mol. The highest BCUT2D eigenvalue weighted by atomic mass is 79.9. The van der Waals surface area contributed by atoms with Gasteiger partial charge in [-0.3, -0.25) is 4.79 Å². The predicted octanol–water partition coefficient (Wildman–Crippen LogP) is 2.73. The third-order valence-corrected chi connectivity index (χ3v) is 3.25. The molecule has 2 aromatic rings. The molecule has 0 radical (unpaired) electrons. The van der Waals surface area contributed by atoms with E-state index in [-0.39, 0.29) is 10.9 Å². The van der Waals surface area contributed by atoms with Crippen LogP contribution < -0.4 is 11.1 Å². The quantitative estimate of drug-likeness (QED) is 0.846. The van der Waals surface area contributed by atoms with Gasteiger partial charge in [0, 0.05) is 21.9 Å². The molecule has 0 saturated carbocycles. The van der Waals surface area contributed by atoms with Gasteiger partial charge >= 0.3 is 0 Å². The fourth-order valence-electron chi connectivity index (χ4n) is 1.49. The van der Waals surface area contributed by atoms with E-state index in [0.717, 1.165) is 0 Å². The summed E-state index contributed by atoms with van der Waals surface area (Å²) >= 11 is 8.18. The highest BCUT2D eigenvalue weighted by Crippen LogP contribution is 2.16. The van der Waals surface area contributed by atoms with Gasteiger partial charge in [0.1, 0.15) is 10.7 Å². The summed E-state index contributed by atoms with van der Waals surface area (Å²) in [4.78, 5) is 16.4. The summed E-state index contributed by atoms with van der Waals surface area (Å²) < 4.78 is 0.637. The van der Waals surface area contributed by atoms with E-state index < -0.39 is 0 Å². The van der Waals surface area contributed by atoms with Crippen molar-refractivity contribution < 1.29 is 4.79 Å². The number of nitrogens with zero attached hydrogens (tertiary/aromatic N) is 1. The minimum absolute atomic E-state index is 0.287. The maximum atomic E-state index is 12.0. The Morgan fingerprint density at radius 3 is 2.79 bits per heavy atom. The molecule has 1 aromatic carbocycles. The molecule has 3 N–H and O–H groups in total. The van der Waals surface area contributed by atoms with Crippen LogP contribution in [0.5, 0.6) is 0 Å². The van der Waals surface area contributed by atoms with E-state index >= 15 is 0 Å². The number of anilines is 1. The molecular formula is C13H10BrN3OS. The van der Waals surface area contributed by atoms with Gasteiger partial charge < -0.3 is 11.1 Å². The Bertz CT molecular complexity index is 645. The minimum atomic E-state index is -0.299. The highest BCUT2D eigenvalue weighted by molar-refractivity contribution is 9.10. The molecule has 1 heterocycles. The number of hydrogen-bond acceptors (Lipinski definition) is 3. The molecule has 96 valence electrons. The number of amides is 1. The summed E-state index contributed by atoms with van der Waals surface area (Å²) in [5, 5.41) is 2.75. The first-order valence-electron chi connectivity index (χ1n) is 5.39. The summed E-state index contributed by atoms with van der Waals surface area (Å²) in [5.74, 6) is -0.299. The molecule has 0 aliphatic rings. The van der Waals surface area contributed by atoms with Crippen molar-refractivity contribution in [3.05, 3.63) is 58.3 Å². The van der Waals surface area contributed by atoms with Crippen molar-refractivity contribution in [2.24, 2.45) is 5.73 Å². The van der Waals surface area contributed by atoms with Crippen LogP contribution in [0.1, 0.15) is 16.1 Å². The molecule has 0 atom stereocenters. The molecule has 0 bridgehead atoms. The lowest BCUT2D eigenvalue weighted by atomic mass is 10.2. The van der Waals surface area contributed by atoms with Crippen LogP contribution in [0.3, 0.4) is 0 Å². The first-order valence-corrected chi connectivity index (χ1v) is 6.60. The smallest absolute Gasteiger partial charge is 0.275 e. The number of nitrogens with two attached hydrogens (primary N) is 1. The van der Waals surface area contributed by atoms with Gasteiger partial charge in [-0.2, -0.15) is 0 Å². The van der Waals surface area contributed by atoms with Gasteiger partial charge in [-0.15, -0.1) is 0 Å². The third-order valence-electron chi connectivity index (χ3n) is 2.38. The lowest BCUT2D eigenvalue weighted by molar-refractivity contribution is 0.102. The molecule has 1 aromatic heterocycles. The number of nitrogens with one attached hydrogen (secondary N) is 1. The molecule has 1 amide bonds. The van der Waals surface area contributed by atoms with Crippen molar-refractivity contribution in [3.63, 3.8) is 0 Å². The first kappa shape index (κ1) is 13.6. The lowest BCUT2D eigenvalue weighted by Gasteiger charge is -2.07. The highest BCUT2D eigenvalue weighted by Gasteiger charge is 2.11. The molecule has 2 rings (SSSR count). The Kier molecular flexibility index (Phi) is 4.24. The van der Waals surface area contributed by atoms with E-state index in [9.17, 15) is 4.79 Å². The van der Waals surface area contributed by atoms with Gasteiger partial charge in [0.2, 0.25) is 0 Å². The van der Waals surface area contributed by atoms with Crippen molar-refractivity contribution in [1.29, 1.82) is 0 Å². The average molecular weight is 336 g/mol. The van der Waals surface area contributed by atoms with Crippen LogP contribution in [-0.4, -0.2) is 15.9 Å². The predicted molar refractivity (Wildman–Crippen MR) is 82.2 cm³/mol.